The van der Waals surface area contributed by atoms with Gasteiger partial charge in [0, 0.05) is 6.42 Å². The highest BCUT2D eigenvalue weighted by Crippen LogP contribution is 2.11. The number of carbonyl (C=O) groups is 1. The van der Waals surface area contributed by atoms with E-state index in [0.29, 0.717) is 12.8 Å². The van der Waals surface area contributed by atoms with Crippen molar-refractivity contribution in [3.8, 4) is 0 Å². The van der Waals surface area contributed by atoms with E-state index in [1.54, 1.807) is 0 Å². The lowest BCUT2D eigenvalue weighted by Crippen LogP contribution is -2.45. The predicted octanol–water partition coefficient (Wildman–Crippen LogP) is 2.77. The molecular weight excluding hydrogens is 254 g/mol. The third-order valence-electron chi connectivity index (χ3n) is 3.59. The first-order chi connectivity index (χ1) is 9.65. The minimum absolute atomic E-state index is 0.0924. The molecular formula is C16H33NO3. The van der Waals surface area contributed by atoms with Crippen LogP contribution in [0.1, 0.15) is 78.1 Å². The molecule has 0 saturated carbocycles. The van der Waals surface area contributed by atoms with Crippen molar-refractivity contribution in [3.05, 3.63) is 0 Å². The van der Waals surface area contributed by atoms with E-state index in [1.807, 2.05) is 6.92 Å². The van der Waals surface area contributed by atoms with Crippen molar-refractivity contribution in [2.75, 3.05) is 6.61 Å². The van der Waals surface area contributed by atoms with E-state index in [1.165, 1.54) is 32.1 Å². The molecule has 0 heterocycles. The number of amides is 1. The molecule has 0 bridgehead atoms. The van der Waals surface area contributed by atoms with Crippen LogP contribution >= 0.6 is 0 Å². The van der Waals surface area contributed by atoms with Gasteiger partial charge in [0.25, 0.3) is 0 Å². The van der Waals surface area contributed by atoms with Gasteiger partial charge >= 0.3 is 0 Å². The van der Waals surface area contributed by atoms with Gasteiger partial charge in [-0.1, -0.05) is 58.8 Å². The van der Waals surface area contributed by atoms with E-state index >= 15 is 0 Å². The zero-order valence-electron chi connectivity index (χ0n) is 13.2. The van der Waals surface area contributed by atoms with E-state index < -0.39 is 12.1 Å². The zero-order chi connectivity index (χ0) is 15.2. The molecule has 120 valence electrons. The van der Waals surface area contributed by atoms with E-state index in [9.17, 15) is 15.0 Å². The van der Waals surface area contributed by atoms with E-state index in [2.05, 4.69) is 12.2 Å². The summed E-state index contributed by atoms with van der Waals surface area (Å²) in [4.78, 5) is 11.5. The molecule has 0 aliphatic rings. The van der Waals surface area contributed by atoms with Crippen molar-refractivity contribution in [1.82, 2.24) is 5.32 Å². The van der Waals surface area contributed by atoms with Gasteiger partial charge in [0.2, 0.25) is 5.91 Å². The second kappa shape index (κ2) is 13.4. The Morgan fingerprint density at radius 1 is 1.00 bits per heavy atom. The molecule has 0 aromatic heterocycles. The van der Waals surface area contributed by atoms with Gasteiger partial charge in [0.15, 0.2) is 0 Å². The number of nitrogens with one attached hydrogen (secondary N) is 1. The average Bonchev–Trinajstić information content (AvgIpc) is 2.43. The third kappa shape index (κ3) is 10.2. The molecule has 0 aromatic carbocycles. The molecule has 4 nitrogen and oxygen atoms in total. The van der Waals surface area contributed by atoms with Crippen molar-refractivity contribution in [3.63, 3.8) is 0 Å². The van der Waals surface area contributed by atoms with Gasteiger partial charge < -0.3 is 15.5 Å². The van der Waals surface area contributed by atoms with Gasteiger partial charge in [-0.25, -0.2) is 0 Å². The number of hydrogen-bond donors (Lipinski definition) is 3. The lowest BCUT2D eigenvalue weighted by atomic mass is 10.0. The van der Waals surface area contributed by atoms with Crippen LogP contribution in [0.4, 0.5) is 0 Å². The van der Waals surface area contributed by atoms with Crippen LogP contribution in [-0.4, -0.2) is 34.9 Å². The summed E-state index contributed by atoms with van der Waals surface area (Å²) in [5, 5.41) is 21.9. The lowest BCUT2D eigenvalue weighted by Gasteiger charge is -2.22. The third-order valence-corrected chi connectivity index (χ3v) is 3.59. The highest BCUT2D eigenvalue weighted by atomic mass is 16.3. The Balaban J connectivity index is 3.70. The Hall–Kier alpha value is -0.610. The van der Waals surface area contributed by atoms with E-state index in [-0.39, 0.29) is 12.5 Å². The summed E-state index contributed by atoms with van der Waals surface area (Å²) in [6.45, 7) is 3.94. The van der Waals surface area contributed by atoms with Crippen LogP contribution in [0.2, 0.25) is 0 Å². The van der Waals surface area contributed by atoms with Gasteiger partial charge in [0.05, 0.1) is 18.8 Å². The molecule has 0 aromatic rings. The Labute approximate surface area is 124 Å². The van der Waals surface area contributed by atoms with Crippen molar-refractivity contribution in [2.45, 2.75) is 90.2 Å². The first kappa shape index (κ1) is 19.4. The molecule has 20 heavy (non-hydrogen) atoms. The van der Waals surface area contributed by atoms with Crippen molar-refractivity contribution in [1.29, 1.82) is 0 Å². The SMILES string of the molecule is CCCCCCCCCC(O)C(CO)NC(=O)CCC. The Morgan fingerprint density at radius 3 is 2.15 bits per heavy atom. The summed E-state index contributed by atoms with van der Waals surface area (Å²) < 4.78 is 0. The maximum absolute atomic E-state index is 11.5. The van der Waals surface area contributed by atoms with Crippen LogP contribution in [0, 0.1) is 0 Å². The fraction of sp³-hybridized carbons (Fsp3) is 0.938. The molecule has 0 radical (unpaired) electrons. The second-order valence-corrected chi connectivity index (χ2v) is 5.58. The second-order valence-electron chi connectivity index (χ2n) is 5.58. The summed E-state index contributed by atoms with van der Waals surface area (Å²) in [6, 6.07) is -0.519. The van der Waals surface area contributed by atoms with E-state index in [4.69, 9.17) is 0 Å². The Kier molecular flexibility index (Phi) is 13.0. The number of hydrogen-bond acceptors (Lipinski definition) is 3. The largest absolute Gasteiger partial charge is 0.394 e. The molecule has 0 saturated heterocycles. The monoisotopic (exact) mass is 287 g/mol. The lowest BCUT2D eigenvalue weighted by molar-refractivity contribution is -0.123. The van der Waals surface area contributed by atoms with Crippen LogP contribution in [0.5, 0.6) is 0 Å². The first-order valence-electron chi connectivity index (χ1n) is 8.23. The van der Waals surface area contributed by atoms with Gasteiger partial charge in [-0.2, -0.15) is 0 Å². The van der Waals surface area contributed by atoms with Crippen molar-refractivity contribution < 1.29 is 15.0 Å². The maximum atomic E-state index is 11.5. The summed E-state index contributed by atoms with van der Waals surface area (Å²) >= 11 is 0. The average molecular weight is 287 g/mol. The highest BCUT2D eigenvalue weighted by molar-refractivity contribution is 5.76. The highest BCUT2D eigenvalue weighted by Gasteiger charge is 2.19. The minimum Gasteiger partial charge on any atom is -0.394 e. The van der Waals surface area contributed by atoms with Crippen molar-refractivity contribution >= 4 is 5.91 Å². The molecule has 4 heteroatoms. The molecule has 2 unspecified atom stereocenters. The fourth-order valence-electron chi connectivity index (χ4n) is 2.28. The summed E-state index contributed by atoms with van der Waals surface area (Å²) in [6.07, 6.45) is 9.62. The molecule has 2 atom stereocenters. The molecule has 3 N–H and O–H groups in total. The maximum Gasteiger partial charge on any atom is 0.220 e. The van der Waals surface area contributed by atoms with Gasteiger partial charge in [-0.05, 0) is 12.8 Å². The number of unbranched alkanes of at least 4 members (excludes halogenated alkanes) is 6. The number of aliphatic hydroxyl groups is 2. The van der Waals surface area contributed by atoms with Crippen LogP contribution in [-0.2, 0) is 4.79 Å². The molecule has 0 aliphatic heterocycles. The van der Waals surface area contributed by atoms with Crippen LogP contribution < -0.4 is 5.32 Å². The van der Waals surface area contributed by atoms with Crippen LogP contribution in [0.3, 0.4) is 0 Å². The summed E-state index contributed by atoms with van der Waals surface area (Å²) in [5.41, 5.74) is 0. The van der Waals surface area contributed by atoms with Crippen LogP contribution in [0.15, 0.2) is 0 Å². The van der Waals surface area contributed by atoms with E-state index in [0.717, 1.165) is 19.3 Å². The molecule has 1 amide bonds. The Bertz CT molecular complexity index is 234. The topological polar surface area (TPSA) is 69.6 Å². The van der Waals surface area contributed by atoms with Gasteiger partial charge in [-0.3, -0.25) is 4.79 Å². The first-order valence-corrected chi connectivity index (χ1v) is 8.23. The summed E-state index contributed by atoms with van der Waals surface area (Å²) in [7, 11) is 0. The number of carbonyl (C=O) groups excluding carboxylic acids is 1. The zero-order valence-corrected chi connectivity index (χ0v) is 13.2. The Morgan fingerprint density at radius 2 is 1.60 bits per heavy atom. The quantitative estimate of drug-likeness (QED) is 0.456. The summed E-state index contributed by atoms with van der Waals surface area (Å²) in [5.74, 6) is -0.0924. The standard InChI is InChI=1S/C16H33NO3/c1-3-5-6-7-8-9-10-12-15(19)14(13-18)17-16(20)11-4-2/h14-15,18-19H,3-13H2,1-2H3,(H,17,20). The predicted molar refractivity (Wildman–Crippen MR) is 82.5 cm³/mol. The molecule has 0 aliphatic carbocycles. The smallest absolute Gasteiger partial charge is 0.220 e. The normalized spacial score (nSPS) is 14.0. The number of rotatable bonds is 13. The molecule has 0 spiro atoms. The molecule has 0 fully saturated rings. The van der Waals surface area contributed by atoms with Crippen LogP contribution in [0.25, 0.3) is 0 Å². The minimum atomic E-state index is -0.642. The van der Waals surface area contributed by atoms with Crippen molar-refractivity contribution in [2.24, 2.45) is 0 Å². The molecule has 0 rings (SSSR count). The fourth-order valence-corrected chi connectivity index (χ4v) is 2.28. The van der Waals surface area contributed by atoms with Gasteiger partial charge in [-0.15, -0.1) is 0 Å². The van der Waals surface area contributed by atoms with Gasteiger partial charge in [0.1, 0.15) is 0 Å². The number of aliphatic hydroxyl groups excluding tert-OH is 2.